The first-order valence-corrected chi connectivity index (χ1v) is 12.8. The number of ether oxygens (including phenoxy) is 1. The third-order valence-corrected chi connectivity index (χ3v) is 8.40. The molecule has 1 aliphatic heterocycles. The molecule has 0 unspecified atom stereocenters. The van der Waals surface area contributed by atoms with Gasteiger partial charge in [0.05, 0.1) is 28.3 Å². The van der Waals surface area contributed by atoms with E-state index in [1.807, 2.05) is 24.3 Å². The van der Waals surface area contributed by atoms with Gasteiger partial charge in [0.15, 0.2) is 0 Å². The predicted molar refractivity (Wildman–Crippen MR) is 125 cm³/mol. The summed E-state index contributed by atoms with van der Waals surface area (Å²) in [5.74, 6) is -0.0927. The fraction of sp³-hybridized carbons (Fsp3) is 0.696. The molecule has 1 aliphatic carbocycles. The highest BCUT2D eigenvalue weighted by atomic mass is 32.2. The molecule has 1 heterocycles. The molecule has 1 aromatic rings. The number of hydrogen-bond donors (Lipinski definition) is 2. The summed E-state index contributed by atoms with van der Waals surface area (Å²) in [6.07, 6.45) is 2.98. The summed E-state index contributed by atoms with van der Waals surface area (Å²) in [6.45, 7) is 10.8. The van der Waals surface area contributed by atoms with Crippen molar-refractivity contribution in [2.45, 2.75) is 83.3 Å². The molecule has 7 nitrogen and oxygen atoms in total. The van der Waals surface area contributed by atoms with E-state index in [9.17, 15) is 13.2 Å². The highest BCUT2D eigenvalue weighted by Crippen LogP contribution is 2.31. The summed E-state index contributed by atoms with van der Waals surface area (Å²) < 4.78 is 32.6. The maximum absolute atomic E-state index is 13.0. The minimum atomic E-state index is -3.38. The molecule has 1 amide bonds. The fourth-order valence-electron chi connectivity index (χ4n) is 4.33. The standard InChI is InChI=1S/C23H37N3O4S/c1-16-14-26(15-17(2)30-16)21-9-7-6-8-20(21)24-22(27)18-10-12-19(13-11-18)25-31(28,29)23(3,4)5/h6-9,16-19,25H,10-15H2,1-5H3,(H,24,27)/t16-,17+,18-,19-. The topological polar surface area (TPSA) is 87.7 Å². The average molecular weight is 452 g/mol. The molecule has 0 spiro atoms. The average Bonchev–Trinajstić information content (AvgIpc) is 2.67. The van der Waals surface area contributed by atoms with Crippen LogP contribution < -0.4 is 14.9 Å². The van der Waals surface area contributed by atoms with Crippen LogP contribution >= 0.6 is 0 Å². The number of nitrogens with zero attached hydrogens (tertiary/aromatic N) is 1. The molecule has 0 bridgehead atoms. The Morgan fingerprint density at radius 3 is 2.19 bits per heavy atom. The number of morpholine rings is 1. The van der Waals surface area contributed by atoms with E-state index >= 15 is 0 Å². The maximum Gasteiger partial charge on any atom is 0.227 e. The van der Waals surface area contributed by atoms with E-state index < -0.39 is 14.8 Å². The highest BCUT2D eigenvalue weighted by Gasteiger charge is 2.34. The SMILES string of the molecule is C[C@@H]1CN(c2ccccc2NC(=O)[C@H]2CC[C@H](NS(=O)(=O)C(C)(C)C)CC2)C[C@H](C)O1. The quantitative estimate of drug-likeness (QED) is 0.715. The Hall–Kier alpha value is -1.64. The Morgan fingerprint density at radius 1 is 1.03 bits per heavy atom. The van der Waals surface area contributed by atoms with Crippen molar-refractivity contribution in [2.24, 2.45) is 5.92 Å². The van der Waals surface area contributed by atoms with Crippen molar-refractivity contribution in [1.29, 1.82) is 0 Å². The van der Waals surface area contributed by atoms with Crippen LogP contribution in [-0.4, -0.2) is 50.4 Å². The molecule has 2 atom stereocenters. The zero-order chi connectivity index (χ0) is 22.8. The predicted octanol–water partition coefficient (Wildman–Crippen LogP) is 3.52. The third-order valence-electron chi connectivity index (χ3n) is 6.15. The molecule has 1 saturated carbocycles. The zero-order valence-corrected chi connectivity index (χ0v) is 20.2. The Balaban J connectivity index is 1.60. The molecule has 1 saturated heterocycles. The monoisotopic (exact) mass is 451 g/mol. The first-order valence-electron chi connectivity index (χ1n) is 11.3. The Labute approximate surface area is 187 Å². The molecule has 2 fully saturated rings. The van der Waals surface area contributed by atoms with Crippen LogP contribution in [0, 0.1) is 5.92 Å². The van der Waals surface area contributed by atoms with Crippen molar-refractivity contribution in [3.8, 4) is 0 Å². The van der Waals surface area contributed by atoms with Gasteiger partial charge in [-0.25, -0.2) is 13.1 Å². The Kier molecular flexibility index (Phi) is 7.33. The summed E-state index contributed by atoms with van der Waals surface area (Å²) in [4.78, 5) is 15.3. The van der Waals surface area contributed by atoms with Crippen LogP contribution in [0.2, 0.25) is 0 Å². The van der Waals surface area contributed by atoms with E-state index in [-0.39, 0.29) is 30.1 Å². The van der Waals surface area contributed by atoms with E-state index in [1.54, 1.807) is 20.8 Å². The maximum atomic E-state index is 13.0. The van der Waals surface area contributed by atoms with Gasteiger partial charge in [0.1, 0.15) is 0 Å². The van der Waals surface area contributed by atoms with Crippen molar-refractivity contribution in [3.05, 3.63) is 24.3 Å². The van der Waals surface area contributed by atoms with Gasteiger partial charge in [-0.15, -0.1) is 0 Å². The van der Waals surface area contributed by atoms with Gasteiger partial charge in [-0.1, -0.05) is 12.1 Å². The smallest absolute Gasteiger partial charge is 0.227 e. The van der Waals surface area contributed by atoms with Crippen LogP contribution in [0.15, 0.2) is 24.3 Å². The van der Waals surface area contributed by atoms with Gasteiger partial charge in [0.25, 0.3) is 0 Å². The molecular formula is C23H37N3O4S. The summed E-state index contributed by atoms with van der Waals surface area (Å²) in [7, 11) is -3.38. The Bertz CT molecular complexity index is 863. The molecule has 31 heavy (non-hydrogen) atoms. The molecule has 174 valence electrons. The third kappa shape index (κ3) is 5.99. The second kappa shape index (κ2) is 9.46. The summed E-state index contributed by atoms with van der Waals surface area (Å²) >= 11 is 0. The molecule has 1 aromatic carbocycles. The first-order chi connectivity index (χ1) is 14.5. The van der Waals surface area contributed by atoms with Crippen molar-refractivity contribution in [1.82, 2.24) is 4.72 Å². The summed E-state index contributed by atoms with van der Waals surface area (Å²) in [5.41, 5.74) is 1.84. The number of sulfonamides is 1. The van der Waals surface area contributed by atoms with E-state index in [1.165, 1.54) is 0 Å². The van der Waals surface area contributed by atoms with Crippen LogP contribution in [0.5, 0.6) is 0 Å². The molecule has 2 aliphatic rings. The van der Waals surface area contributed by atoms with Gasteiger partial charge < -0.3 is 15.0 Å². The van der Waals surface area contributed by atoms with E-state index in [0.717, 1.165) is 24.5 Å². The molecule has 0 aromatic heterocycles. The van der Waals surface area contributed by atoms with Gasteiger partial charge in [-0.2, -0.15) is 0 Å². The number of carbonyl (C=O) groups excluding carboxylic acids is 1. The number of nitrogens with one attached hydrogen (secondary N) is 2. The lowest BCUT2D eigenvalue weighted by atomic mass is 9.86. The zero-order valence-electron chi connectivity index (χ0n) is 19.3. The summed E-state index contributed by atoms with van der Waals surface area (Å²) in [6, 6.07) is 7.81. The Morgan fingerprint density at radius 2 is 1.61 bits per heavy atom. The minimum absolute atomic E-state index is 0.0129. The number of anilines is 2. The van der Waals surface area contributed by atoms with Crippen LogP contribution in [0.3, 0.4) is 0 Å². The number of para-hydroxylation sites is 2. The lowest BCUT2D eigenvalue weighted by Gasteiger charge is -2.38. The number of hydrogen-bond acceptors (Lipinski definition) is 5. The van der Waals surface area contributed by atoms with Crippen LogP contribution in [0.4, 0.5) is 11.4 Å². The molecular weight excluding hydrogens is 414 g/mol. The van der Waals surface area contributed by atoms with E-state index in [2.05, 4.69) is 28.8 Å². The van der Waals surface area contributed by atoms with Crippen LogP contribution in [0.25, 0.3) is 0 Å². The van der Waals surface area contributed by atoms with Gasteiger partial charge in [-0.05, 0) is 72.4 Å². The summed E-state index contributed by atoms with van der Waals surface area (Å²) in [5, 5.41) is 3.13. The molecule has 0 radical (unpaired) electrons. The van der Waals surface area contributed by atoms with Crippen molar-refractivity contribution < 1.29 is 17.9 Å². The molecule has 8 heteroatoms. The minimum Gasteiger partial charge on any atom is -0.372 e. The van der Waals surface area contributed by atoms with Gasteiger partial charge >= 0.3 is 0 Å². The van der Waals surface area contributed by atoms with Crippen molar-refractivity contribution >= 4 is 27.3 Å². The number of rotatable bonds is 5. The van der Waals surface area contributed by atoms with E-state index in [4.69, 9.17) is 4.74 Å². The van der Waals surface area contributed by atoms with E-state index in [0.29, 0.717) is 25.7 Å². The largest absolute Gasteiger partial charge is 0.372 e. The number of carbonyl (C=O) groups is 1. The second-order valence-electron chi connectivity index (χ2n) is 9.95. The lowest BCUT2D eigenvalue weighted by molar-refractivity contribution is -0.120. The van der Waals surface area contributed by atoms with Crippen LogP contribution in [0.1, 0.15) is 60.3 Å². The van der Waals surface area contributed by atoms with Gasteiger partial charge in [-0.3, -0.25) is 4.79 Å². The van der Waals surface area contributed by atoms with Gasteiger partial charge in [0, 0.05) is 25.0 Å². The number of benzene rings is 1. The fourth-order valence-corrected chi connectivity index (χ4v) is 5.36. The lowest BCUT2D eigenvalue weighted by Crippen LogP contribution is -2.46. The molecule has 2 N–H and O–H groups in total. The van der Waals surface area contributed by atoms with Crippen molar-refractivity contribution in [3.63, 3.8) is 0 Å². The molecule has 3 rings (SSSR count). The highest BCUT2D eigenvalue weighted by molar-refractivity contribution is 7.90. The first kappa shape index (κ1) is 24.0. The van der Waals surface area contributed by atoms with Gasteiger partial charge in [0.2, 0.25) is 15.9 Å². The van der Waals surface area contributed by atoms with Crippen LogP contribution in [-0.2, 0) is 19.6 Å². The normalized spacial score (nSPS) is 27.7. The second-order valence-corrected chi connectivity index (χ2v) is 12.4. The van der Waals surface area contributed by atoms with Crippen molar-refractivity contribution in [2.75, 3.05) is 23.3 Å². The number of amides is 1.